The Labute approximate surface area is 191 Å². The van der Waals surface area contributed by atoms with Crippen LogP contribution < -0.4 is 10.1 Å². The van der Waals surface area contributed by atoms with Gasteiger partial charge in [0.2, 0.25) is 10.0 Å². The van der Waals surface area contributed by atoms with Gasteiger partial charge in [0.1, 0.15) is 10.3 Å². The molecule has 1 atom stereocenters. The molecule has 0 amide bonds. The fraction of sp³-hybridized carbons (Fsp3) is 0.550. The quantitative estimate of drug-likeness (QED) is 0.513. The molecule has 1 fully saturated rings. The van der Waals surface area contributed by atoms with E-state index in [1.54, 1.807) is 36.7 Å². The highest BCUT2D eigenvalue weighted by Gasteiger charge is 2.37. The van der Waals surface area contributed by atoms with Crippen LogP contribution >= 0.6 is 23.4 Å². The van der Waals surface area contributed by atoms with Gasteiger partial charge in [-0.15, -0.1) is 0 Å². The molecule has 1 aromatic heterocycles. The number of aliphatic hydroxyl groups excluding tert-OH is 1. The fourth-order valence-electron chi connectivity index (χ4n) is 3.93. The van der Waals surface area contributed by atoms with E-state index in [9.17, 15) is 18.6 Å². The van der Waals surface area contributed by atoms with E-state index in [1.807, 2.05) is 6.92 Å². The summed E-state index contributed by atoms with van der Waals surface area (Å²) >= 11 is 7.71. The van der Waals surface area contributed by atoms with Crippen LogP contribution in [-0.4, -0.2) is 51.4 Å². The molecule has 0 saturated heterocycles. The van der Waals surface area contributed by atoms with Crippen LogP contribution in [0.4, 0.5) is 0 Å². The first-order valence-electron chi connectivity index (χ1n) is 10.2. The number of fused-ring (bicyclic) bond motifs is 1. The lowest BCUT2D eigenvalue weighted by Gasteiger charge is -2.26. The molecule has 0 spiro atoms. The summed E-state index contributed by atoms with van der Waals surface area (Å²) < 4.78 is 30.7. The second kappa shape index (κ2) is 8.24. The van der Waals surface area contributed by atoms with E-state index in [4.69, 9.17) is 11.6 Å². The number of aliphatic hydroxyl groups is 2. The number of thioether (sulfide) groups is 1. The van der Waals surface area contributed by atoms with E-state index in [0.717, 1.165) is 11.4 Å². The van der Waals surface area contributed by atoms with Gasteiger partial charge < -0.3 is 15.6 Å². The van der Waals surface area contributed by atoms with E-state index in [2.05, 4.69) is 15.1 Å². The summed E-state index contributed by atoms with van der Waals surface area (Å²) in [5.41, 5.74) is 4.40. The molecule has 11 heteroatoms. The number of aromatic nitrogens is 2. The Morgan fingerprint density at radius 3 is 2.61 bits per heavy atom. The highest BCUT2D eigenvalue weighted by Crippen LogP contribution is 2.39. The third-order valence-electron chi connectivity index (χ3n) is 5.64. The smallest absolute Gasteiger partial charge is 0.242 e. The van der Waals surface area contributed by atoms with Gasteiger partial charge in [0.05, 0.1) is 28.1 Å². The predicted molar refractivity (Wildman–Crippen MR) is 121 cm³/mol. The van der Waals surface area contributed by atoms with E-state index >= 15 is 0 Å². The minimum absolute atomic E-state index is 0.0115. The minimum Gasteiger partial charge on any atom is -0.393 e. The van der Waals surface area contributed by atoms with Gasteiger partial charge in [0, 0.05) is 11.6 Å². The van der Waals surface area contributed by atoms with Gasteiger partial charge in [-0.3, -0.25) is 0 Å². The lowest BCUT2D eigenvalue weighted by Crippen LogP contribution is -2.39. The molecule has 0 unspecified atom stereocenters. The van der Waals surface area contributed by atoms with Crippen molar-refractivity contribution in [1.82, 2.24) is 14.4 Å². The number of halogens is 1. The second-order valence-electron chi connectivity index (χ2n) is 8.72. The largest absolute Gasteiger partial charge is 0.393 e. The lowest BCUT2D eigenvalue weighted by molar-refractivity contribution is 0.0827. The van der Waals surface area contributed by atoms with Crippen LogP contribution in [0.2, 0.25) is 5.02 Å². The van der Waals surface area contributed by atoms with Crippen molar-refractivity contribution in [2.45, 2.75) is 79.6 Å². The summed E-state index contributed by atoms with van der Waals surface area (Å²) in [5.74, 6) is 0. The van der Waals surface area contributed by atoms with Crippen molar-refractivity contribution < 1.29 is 18.6 Å². The van der Waals surface area contributed by atoms with Crippen molar-refractivity contribution in [3.8, 4) is 11.3 Å². The van der Waals surface area contributed by atoms with Gasteiger partial charge >= 0.3 is 0 Å². The third-order valence-corrected chi connectivity index (χ3v) is 9.05. The van der Waals surface area contributed by atoms with Crippen molar-refractivity contribution in [2.24, 2.45) is 0 Å². The summed E-state index contributed by atoms with van der Waals surface area (Å²) in [6.45, 7) is 5.30. The third kappa shape index (κ3) is 4.60. The molecule has 1 aliphatic heterocycles. The number of benzene rings is 1. The van der Waals surface area contributed by atoms with E-state index < -0.39 is 15.6 Å². The molecule has 8 nitrogen and oxygen atoms in total. The molecule has 31 heavy (non-hydrogen) atoms. The summed E-state index contributed by atoms with van der Waals surface area (Å²) in [5, 5.41) is 20.6. The van der Waals surface area contributed by atoms with Crippen molar-refractivity contribution in [2.75, 3.05) is 5.43 Å². The second-order valence-corrected chi connectivity index (χ2v) is 11.9. The Kier molecular flexibility index (Phi) is 6.08. The van der Waals surface area contributed by atoms with Crippen LogP contribution in [0, 0.1) is 6.92 Å². The highest BCUT2D eigenvalue weighted by atomic mass is 35.5. The molecule has 1 aromatic carbocycles. The number of nitrogens with zero attached hydrogens (tertiary/aromatic N) is 2. The van der Waals surface area contributed by atoms with Crippen LogP contribution in [0.1, 0.15) is 45.2 Å². The van der Waals surface area contributed by atoms with Crippen molar-refractivity contribution in [3.63, 3.8) is 0 Å². The molecular weight excluding hydrogens is 460 g/mol. The number of nitrogens with one attached hydrogen (secondary N) is 2. The predicted octanol–water partition coefficient (Wildman–Crippen LogP) is 2.84. The molecule has 4 N–H and O–H groups in total. The van der Waals surface area contributed by atoms with Crippen LogP contribution in [0.5, 0.6) is 0 Å². The number of hydrogen-bond acceptors (Lipinski definition) is 7. The molecule has 4 rings (SSSR count). The van der Waals surface area contributed by atoms with Gasteiger partial charge in [-0.2, -0.15) is 0 Å². The molecule has 2 aromatic rings. The van der Waals surface area contributed by atoms with Crippen molar-refractivity contribution in [1.29, 1.82) is 0 Å². The van der Waals surface area contributed by atoms with Gasteiger partial charge in [0.15, 0.2) is 5.16 Å². The van der Waals surface area contributed by atoms with E-state index in [-0.39, 0.29) is 27.4 Å². The van der Waals surface area contributed by atoms with Crippen LogP contribution in [-0.2, 0) is 10.0 Å². The number of imidazole rings is 1. The Morgan fingerprint density at radius 1 is 1.29 bits per heavy atom. The van der Waals surface area contributed by atoms with Gasteiger partial charge in [-0.05, 0) is 58.6 Å². The normalized spacial score (nSPS) is 24.1. The topological polar surface area (TPSA) is 116 Å². The van der Waals surface area contributed by atoms with Crippen LogP contribution in [0.25, 0.3) is 11.3 Å². The summed E-state index contributed by atoms with van der Waals surface area (Å²) in [7, 11) is -3.84. The summed E-state index contributed by atoms with van der Waals surface area (Å²) in [6.07, 6.45) is 1.97. The average molecular weight is 487 g/mol. The Balaban J connectivity index is 1.66. The van der Waals surface area contributed by atoms with Crippen LogP contribution in [0.3, 0.4) is 0 Å². The van der Waals surface area contributed by atoms with E-state index in [0.29, 0.717) is 36.4 Å². The Bertz CT molecular complexity index is 1090. The molecule has 0 radical (unpaired) electrons. The zero-order valence-electron chi connectivity index (χ0n) is 17.6. The standard InChI is InChI=1S/C20H27ClN4O4S2/c1-11-17(25-19(22-11)30-18(23-25)20(2,3)27)12-4-9-15(21)16(10-12)31(28,29)24-13-5-7-14(26)8-6-13/h4,9-10,13-14,18,23-24,26-27H,5-8H2,1-3H3/t13?,14?,18-/m0/s1. The number of sulfonamides is 1. The van der Waals surface area contributed by atoms with Gasteiger partial charge in [0.25, 0.3) is 0 Å². The number of rotatable bonds is 5. The molecule has 1 aliphatic carbocycles. The average Bonchev–Trinajstić information content (AvgIpc) is 3.21. The maximum atomic E-state index is 13.1. The number of aryl methyl sites for hydroxylation is 1. The molecular formula is C20H27ClN4O4S2. The summed E-state index contributed by atoms with van der Waals surface area (Å²) in [6, 6.07) is 4.67. The molecule has 2 heterocycles. The van der Waals surface area contributed by atoms with Crippen molar-refractivity contribution in [3.05, 3.63) is 28.9 Å². The first kappa shape index (κ1) is 22.9. The fourth-order valence-corrected chi connectivity index (χ4v) is 6.85. The van der Waals surface area contributed by atoms with E-state index in [1.165, 1.54) is 11.8 Å². The maximum Gasteiger partial charge on any atom is 0.242 e. The van der Waals surface area contributed by atoms with Gasteiger partial charge in [-0.1, -0.05) is 29.4 Å². The Morgan fingerprint density at radius 2 is 1.97 bits per heavy atom. The van der Waals surface area contributed by atoms with Crippen LogP contribution in [0.15, 0.2) is 28.3 Å². The Hall–Kier alpha value is -1.30. The zero-order valence-corrected chi connectivity index (χ0v) is 20.0. The molecule has 170 valence electrons. The van der Waals surface area contributed by atoms with Gasteiger partial charge in [-0.25, -0.2) is 22.8 Å². The first-order valence-corrected chi connectivity index (χ1v) is 12.9. The minimum atomic E-state index is -3.84. The molecule has 2 aliphatic rings. The summed E-state index contributed by atoms with van der Waals surface area (Å²) in [4.78, 5) is 4.59. The first-order chi connectivity index (χ1) is 14.5. The highest BCUT2D eigenvalue weighted by molar-refractivity contribution is 8.00. The van der Waals surface area contributed by atoms with Crippen molar-refractivity contribution >= 4 is 33.4 Å². The monoisotopic (exact) mass is 486 g/mol. The zero-order chi connectivity index (χ0) is 22.6. The number of hydrogen-bond donors (Lipinski definition) is 4. The SMILES string of the molecule is Cc1nc2n(c1-c1ccc(Cl)c(S(=O)(=O)NC3CCC(O)CC3)c1)N[C@H](C(C)(C)O)S2. The molecule has 0 bridgehead atoms. The lowest BCUT2D eigenvalue weighted by atomic mass is 9.94. The molecule has 1 saturated carbocycles. The maximum absolute atomic E-state index is 13.1.